The van der Waals surface area contributed by atoms with Crippen LogP contribution < -0.4 is 16.6 Å². The van der Waals surface area contributed by atoms with E-state index >= 15 is 0 Å². The molecule has 0 radical (unpaired) electrons. The lowest BCUT2D eigenvalue weighted by Gasteiger charge is -2.12. The maximum Gasteiger partial charge on any atom is 0.433 e. The first-order valence-corrected chi connectivity index (χ1v) is 10.2. The van der Waals surface area contributed by atoms with Crippen LogP contribution in [0.1, 0.15) is 5.69 Å². The maximum atomic E-state index is 13.0. The van der Waals surface area contributed by atoms with Gasteiger partial charge in [-0.15, -0.1) is 0 Å². The van der Waals surface area contributed by atoms with Gasteiger partial charge in [0.15, 0.2) is 0 Å². The molecule has 0 aliphatic rings. The van der Waals surface area contributed by atoms with E-state index in [9.17, 15) is 27.6 Å². The Morgan fingerprint density at radius 1 is 0.943 bits per heavy atom. The maximum absolute atomic E-state index is 13.0. The van der Waals surface area contributed by atoms with Crippen molar-refractivity contribution in [2.45, 2.75) is 12.7 Å². The Hall–Kier alpha value is -4.61. The third-order valence-corrected chi connectivity index (χ3v) is 4.97. The Balaban J connectivity index is 1.52. The normalized spacial score (nSPS) is 11.8. The van der Waals surface area contributed by atoms with Gasteiger partial charge in [-0.25, -0.2) is 9.78 Å². The topological polar surface area (TPSA) is 111 Å². The fourth-order valence-electron chi connectivity index (χ4n) is 3.24. The van der Waals surface area contributed by atoms with Gasteiger partial charge < -0.3 is 5.32 Å². The molecule has 1 amide bonds. The number of alkyl halides is 3. The second-order valence-electron chi connectivity index (χ2n) is 7.43. The third kappa shape index (κ3) is 5.16. The van der Waals surface area contributed by atoms with Crippen molar-refractivity contribution in [3.8, 4) is 0 Å². The number of carbonyl (C=O) groups excluding carboxylic acids is 1. The van der Waals surface area contributed by atoms with E-state index in [4.69, 9.17) is 0 Å². The number of anilines is 1. The highest BCUT2D eigenvalue weighted by atomic mass is 19.4. The van der Waals surface area contributed by atoms with Gasteiger partial charge >= 0.3 is 11.9 Å². The quantitative estimate of drug-likeness (QED) is 0.431. The summed E-state index contributed by atoms with van der Waals surface area (Å²) >= 11 is 0. The molecule has 35 heavy (non-hydrogen) atoms. The number of halogens is 3. The summed E-state index contributed by atoms with van der Waals surface area (Å²) in [5.74, 6) is -0.679. The minimum absolute atomic E-state index is 0.221. The van der Waals surface area contributed by atoms with E-state index in [2.05, 4.69) is 20.5 Å². The lowest BCUT2D eigenvalue weighted by molar-refractivity contribution is -0.141. The van der Waals surface area contributed by atoms with Crippen molar-refractivity contribution in [2.75, 3.05) is 5.32 Å². The van der Waals surface area contributed by atoms with Crippen molar-refractivity contribution in [2.24, 2.45) is 17.3 Å². The Morgan fingerprint density at radius 2 is 1.57 bits per heavy atom. The molecular formula is C23H17F3N6O3. The zero-order valence-electron chi connectivity index (χ0n) is 18.2. The molecule has 0 saturated heterocycles. The number of pyridine rings is 1. The molecule has 2 heterocycles. The second kappa shape index (κ2) is 9.33. The van der Waals surface area contributed by atoms with E-state index in [0.29, 0.717) is 27.7 Å². The molecule has 12 heteroatoms. The van der Waals surface area contributed by atoms with E-state index in [1.807, 2.05) is 18.2 Å². The van der Waals surface area contributed by atoms with Gasteiger partial charge in [0.1, 0.15) is 17.9 Å². The van der Waals surface area contributed by atoms with Crippen LogP contribution in [0.3, 0.4) is 0 Å². The number of nitrogens with zero attached hydrogens (tertiary/aromatic N) is 5. The van der Waals surface area contributed by atoms with Gasteiger partial charge in [0.2, 0.25) is 5.91 Å². The standard InChI is InChI=1S/C23H17F3N6O3/c1-31-20-17(11-12-18(28-20)23(24,25)26)21(34)32(22(31)35)13-19(33)27-14-7-9-16(10-8-14)30-29-15-5-3-2-4-6-15/h2-12H,13H2,1H3,(H,27,33). The highest BCUT2D eigenvalue weighted by Gasteiger charge is 2.33. The summed E-state index contributed by atoms with van der Waals surface area (Å²) in [6.07, 6.45) is -4.74. The van der Waals surface area contributed by atoms with Crippen LogP contribution in [0.25, 0.3) is 11.0 Å². The van der Waals surface area contributed by atoms with Crippen molar-refractivity contribution in [3.63, 3.8) is 0 Å². The van der Waals surface area contributed by atoms with Gasteiger partial charge in [0.05, 0.1) is 16.8 Å². The van der Waals surface area contributed by atoms with Crippen molar-refractivity contribution in [1.29, 1.82) is 0 Å². The average Bonchev–Trinajstić information content (AvgIpc) is 2.84. The number of fused-ring (bicyclic) bond motifs is 1. The molecule has 4 aromatic rings. The van der Waals surface area contributed by atoms with Crippen molar-refractivity contribution >= 4 is 34.0 Å². The highest BCUT2D eigenvalue weighted by Crippen LogP contribution is 2.28. The molecule has 178 valence electrons. The molecule has 0 aliphatic carbocycles. The van der Waals surface area contributed by atoms with Crippen LogP contribution in [-0.4, -0.2) is 20.0 Å². The van der Waals surface area contributed by atoms with E-state index in [1.165, 1.54) is 7.05 Å². The molecule has 0 unspecified atom stereocenters. The summed E-state index contributed by atoms with van der Waals surface area (Å²) in [7, 11) is 1.17. The molecule has 0 spiro atoms. The molecule has 0 atom stereocenters. The molecule has 4 rings (SSSR count). The zero-order chi connectivity index (χ0) is 25.2. The number of carbonyl (C=O) groups is 1. The van der Waals surface area contributed by atoms with E-state index in [1.54, 1.807) is 36.4 Å². The number of aromatic nitrogens is 3. The van der Waals surface area contributed by atoms with Gasteiger partial charge in [-0.1, -0.05) is 18.2 Å². The Morgan fingerprint density at radius 3 is 2.20 bits per heavy atom. The van der Waals surface area contributed by atoms with E-state index in [-0.39, 0.29) is 5.39 Å². The summed E-state index contributed by atoms with van der Waals surface area (Å²) < 4.78 is 40.3. The summed E-state index contributed by atoms with van der Waals surface area (Å²) in [5, 5.41) is 10.5. The number of nitrogens with one attached hydrogen (secondary N) is 1. The van der Waals surface area contributed by atoms with Gasteiger partial charge in [0, 0.05) is 12.7 Å². The molecule has 0 aliphatic heterocycles. The Kier molecular flexibility index (Phi) is 6.28. The number of azo groups is 1. The predicted octanol–water partition coefficient (Wildman–Crippen LogP) is 4.17. The summed E-state index contributed by atoms with van der Waals surface area (Å²) in [4.78, 5) is 41.2. The molecule has 0 fully saturated rings. The number of benzene rings is 2. The molecular weight excluding hydrogens is 465 g/mol. The van der Waals surface area contributed by atoms with Crippen LogP contribution in [0.2, 0.25) is 0 Å². The molecule has 9 nitrogen and oxygen atoms in total. The van der Waals surface area contributed by atoms with Gasteiger partial charge in [-0.3, -0.25) is 18.7 Å². The number of rotatable bonds is 5. The van der Waals surface area contributed by atoms with Crippen LogP contribution in [0, 0.1) is 0 Å². The van der Waals surface area contributed by atoms with Gasteiger partial charge in [-0.05, 0) is 48.5 Å². The van der Waals surface area contributed by atoms with Crippen LogP contribution in [0.5, 0.6) is 0 Å². The Labute approximate surface area is 195 Å². The fraction of sp³-hybridized carbons (Fsp3) is 0.130. The Bertz CT molecular complexity index is 1540. The van der Waals surface area contributed by atoms with Crippen LogP contribution >= 0.6 is 0 Å². The van der Waals surface area contributed by atoms with Crippen LogP contribution in [-0.2, 0) is 24.6 Å². The first kappa shape index (κ1) is 23.5. The van der Waals surface area contributed by atoms with Crippen LogP contribution in [0.15, 0.2) is 86.5 Å². The first-order chi connectivity index (χ1) is 16.6. The fourth-order valence-corrected chi connectivity index (χ4v) is 3.24. The predicted molar refractivity (Wildman–Crippen MR) is 122 cm³/mol. The second-order valence-corrected chi connectivity index (χ2v) is 7.43. The number of hydrogen-bond acceptors (Lipinski definition) is 6. The molecule has 0 bridgehead atoms. The summed E-state index contributed by atoms with van der Waals surface area (Å²) in [6, 6.07) is 17.1. The van der Waals surface area contributed by atoms with Gasteiger partial charge in [0.25, 0.3) is 5.56 Å². The molecule has 2 aromatic carbocycles. The lowest BCUT2D eigenvalue weighted by atomic mass is 10.2. The van der Waals surface area contributed by atoms with Crippen molar-refractivity contribution < 1.29 is 18.0 Å². The smallest absolute Gasteiger partial charge is 0.325 e. The molecule has 2 aromatic heterocycles. The number of hydrogen-bond donors (Lipinski definition) is 1. The van der Waals surface area contributed by atoms with Gasteiger partial charge in [-0.2, -0.15) is 23.4 Å². The van der Waals surface area contributed by atoms with Crippen molar-refractivity contribution in [3.05, 3.63) is 93.3 Å². The highest BCUT2D eigenvalue weighted by molar-refractivity contribution is 5.90. The summed E-state index contributed by atoms with van der Waals surface area (Å²) in [5.41, 5.74) is -1.95. The molecule has 1 N–H and O–H groups in total. The lowest BCUT2D eigenvalue weighted by Crippen LogP contribution is -2.42. The first-order valence-electron chi connectivity index (χ1n) is 10.2. The zero-order valence-corrected chi connectivity index (χ0v) is 18.2. The largest absolute Gasteiger partial charge is 0.433 e. The molecule has 0 saturated carbocycles. The van der Waals surface area contributed by atoms with E-state index in [0.717, 1.165) is 10.6 Å². The number of amides is 1. The number of aryl methyl sites for hydroxylation is 1. The SMILES string of the molecule is Cn1c(=O)n(CC(=O)Nc2ccc(N=Nc3ccccc3)cc2)c(=O)c2ccc(C(F)(F)F)nc21. The van der Waals surface area contributed by atoms with Crippen molar-refractivity contribution in [1.82, 2.24) is 14.1 Å². The van der Waals surface area contributed by atoms with Crippen LogP contribution in [0.4, 0.5) is 30.2 Å². The van der Waals surface area contributed by atoms with E-state index < -0.39 is 41.2 Å². The monoisotopic (exact) mass is 482 g/mol. The average molecular weight is 482 g/mol. The summed E-state index contributed by atoms with van der Waals surface area (Å²) in [6.45, 7) is -0.641. The third-order valence-electron chi connectivity index (χ3n) is 4.97. The minimum atomic E-state index is -4.74. The minimum Gasteiger partial charge on any atom is -0.325 e.